The molecule has 2 atom stereocenters. The number of H-pyrrole nitrogens is 1. The SMILES string of the molecule is CC(=O)NC[C@H]1CN(c2ccc3c(c2)OCC2CN(C(=O)c4cc5ccccc5[nH]4)CCN32)C(=O)O1. The summed E-state index contributed by atoms with van der Waals surface area (Å²) >= 11 is 0. The lowest BCUT2D eigenvalue weighted by atomic mass is 10.1. The van der Waals surface area contributed by atoms with Gasteiger partial charge in [0.05, 0.1) is 30.5 Å². The first kappa shape index (κ1) is 22.3. The molecular formula is C26H27N5O5. The van der Waals surface area contributed by atoms with Crippen LogP contribution in [0.4, 0.5) is 16.2 Å². The fourth-order valence-corrected chi connectivity index (χ4v) is 5.16. The number of fused-ring (bicyclic) bond motifs is 4. The van der Waals surface area contributed by atoms with E-state index in [0.717, 1.165) is 16.6 Å². The highest BCUT2D eigenvalue weighted by Gasteiger charge is 2.37. The van der Waals surface area contributed by atoms with Crippen LogP contribution in [0.2, 0.25) is 0 Å². The van der Waals surface area contributed by atoms with Crippen LogP contribution in [0.5, 0.6) is 5.75 Å². The minimum atomic E-state index is -0.442. The summed E-state index contributed by atoms with van der Waals surface area (Å²) in [5.41, 5.74) is 3.19. The average Bonchev–Trinajstić information content (AvgIpc) is 3.49. The molecule has 1 unspecified atom stereocenters. The van der Waals surface area contributed by atoms with E-state index in [1.54, 1.807) is 4.90 Å². The molecule has 10 nitrogen and oxygen atoms in total. The zero-order valence-electron chi connectivity index (χ0n) is 19.9. The summed E-state index contributed by atoms with van der Waals surface area (Å²) in [6.45, 7) is 4.38. The van der Waals surface area contributed by atoms with Gasteiger partial charge in [0.15, 0.2) is 0 Å². The quantitative estimate of drug-likeness (QED) is 0.583. The third-order valence-corrected chi connectivity index (χ3v) is 6.98. The maximum absolute atomic E-state index is 13.2. The number of amides is 3. The molecule has 186 valence electrons. The number of cyclic esters (lactones) is 1. The third kappa shape index (κ3) is 3.98. The summed E-state index contributed by atoms with van der Waals surface area (Å²) < 4.78 is 11.5. The second-order valence-electron chi connectivity index (χ2n) is 9.39. The maximum atomic E-state index is 13.2. The molecule has 6 rings (SSSR count). The number of nitrogens with one attached hydrogen (secondary N) is 2. The molecule has 2 N–H and O–H groups in total. The molecule has 36 heavy (non-hydrogen) atoms. The number of rotatable bonds is 4. The van der Waals surface area contributed by atoms with Crippen molar-refractivity contribution in [2.45, 2.75) is 19.1 Å². The molecular weight excluding hydrogens is 462 g/mol. The Balaban J connectivity index is 1.14. The predicted molar refractivity (Wildman–Crippen MR) is 134 cm³/mol. The predicted octanol–water partition coefficient (Wildman–Crippen LogP) is 2.35. The number of ether oxygens (including phenoxy) is 2. The molecule has 4 heterocycles. The topological polar surface area (TPSA) is 107 Å². The number of carbonyl (C=O) groups is 3. The van der Waals surface area contributed by atoms with Gasteiger partial charge in [0, 0.05) is 43.5 Å². The van der Waals surface area contributed by atoms with Crippen LogP contribution < -0.4 is 19.9 Å². The Kier molecular flexibility index (Phi) is 5.43. The zero-order chi connectivity index (χ0) is 24.8. The van der Waals surface area contributed by atoms with Crippen LogP contribution in [0.3, 0.4) is 0 Å². The highest BCUT2D eigenvalue weighted by atomic mass is 16.6. The van der Waals surface area contributed by atoms with Gasteiger partial charge in [0.1, 0.15) is 24.2 Å². The lowest BCUT2D eigenvalue weighted by molar-refractivity contribution is -0.119. The van der Waals surface area contributed by atoms with Gasteiger partial charge in [0.25, 0.3) is 5.91 Å². The van der Waals surface area contributed by atoms with Gasteiger partial charge in [-0.2, -0.15) is 0 Å². The van der Waals surface area contributed by atoms with Crippen molar-refractivity contribution in [3.8, 4) is 5.75 Å². The summed E-state index contributed by atoms with van der Waals surface area (Å²) in [6.07, 6.45) is -0.839. The van der Waals surface area contributed by atoms with Crippen LogP contribution >= 0.6 is 0 Å². The molecule has 0 aliphatic carbocycles. The Labute approximate surface area is 207 Å². The van der Waals surface area contributed by atoms with E-state index in [2.05, 4.69) is 15.2 Å². The molecule has 10 heteroatoms. The van der Waals surface area contributed by atoms with E-state index in [1.807, 2.05) is 53.4 Å². The summed E-state index contributed by atoms with van der Waals surface area (Å²) in [7, 11) is 0. The van der Waals surface area contributed by atoms with Crippen molar-refractivity contribution in [1.29, 1.82) is 0 Å². The minimum absolute atomic E-state index is 0.00615. The van der Waals surface area contributed by atoms with Crippen molar-refractivity contribution in [3.05, 3.63) is 54.2 Å². The number of carbonyl (C=O) groups excluding carboxylic acids is 3. The van der Waals surface area contributed by atoms with E-state index in [1.165, 1.54) is 6.92 Å². The van der Waals surface area contributed by atoms with Gasteiger partial charge in [-0.1, -0.05) is 18.2 Å². The first-order chi connectivity index (χ1) is 17.5. The number of anilines is 2. The Morgan fingerprint density at radius 3 is 2.81 bits per heavy atom. The van der Waals surface area contributed by atoms with Crippen LogP contribution in [-0.2, 0) is 9.53 Å². The van der Waals surface area contributed by atoms with Gasteiger partial charge >= 0.3 is 6.09 Å². The van der Waals surface area contributed by atoms with E-state index >= 15 is 0 Å². The lowest BCUT2D eigenvalue weighted by Crippen LogP contribution is -2.58. The molecule has 0 bridgehead atoms. The fraction of sp³-hybridized carbons (Fsp3) is 0.346. The minimum Gasteiger partial charge on any atom is -0.489 e. The number of nitrogens with zero attached hydrogens (tertiary/aromatic N) is 3. The van der Waals surface area contributed by atoms with Crippen molar-refractivity contribution < 1.29 is 23.9 Å². The average molecular weight is 490 g/mol. The van der Waals surface area contributed by atoms with Gasteiger partial charge in [-0.25, -0.2) is 4.79 Å². The van der Waals surface area contributed by atoms with Gasteiger partial charge in [-0.05, 0) is 24.3 Å². The van der Waals surface area contributed by atoms with E-state index in [-0.39, 0.29) is 24.4 Å². The summed E-state index contributed by atoms with van der Waals surface area (Å²) in [6, 6.07) is 15.5. The van der Waals surface area contributed by atoms with Gasteiger partial charge < -0.3 is 29.6 Å². The van der Waals surface area contributed by atoms with Crippen LogP contribution in [0, 0.1) is 0 Å². The number of piperazine rings is 1. The maximum Gasteiger partial charge on any atom is 0.414 e. The van der Waals surface area contributed by atoms with Gasteiger partial charge in [-0.3, -0.25) is 14.5 Å². The standard InChI is InChI=1S/C26H27N5O5/c1-16(32)27-12-20-14-31(26(34)36-20)18-6-7-23-24(11-18)35-15-19-13-29(8-9-30(19)23)25(33)22-10-17-4-2-3-5-21(17)28-22/h2-7,10-11,19-20,28H,8-9,12-15H2,1H3,(H,27,32)/t19?,20-/m0/s1. The molecule has 3 amide bonds. The van der Waals surface area contributed by atoms with Gasteiger partial charge in [-0.15, -0.1) is 0 Å². The van der Waals surface area contributed by atoms with E-state index in [0.29, 0.717) is 49.9 Å². The normalized spacial score (nSPS) is 21.0. The van der Waals surface area contributed by atoms with Gasteiger partial charge in [0.2, 0.25) is 5.91 Å². The Morgan fingerprint density at radius 1 is 1.11 bits per heavy atom. The number of benzene rings is 2. The molecule has 3 aromatic rings. The second kappa shape index (κ2) is 8.78. The summed E-state index contributed by atoms with van der Waals surface area (Å²) in [4.78, 5) is 45.7. The number of aromatic nitrogens is 1. The number of hydrogen-bond donors (Lipinski definition) is 2. The van der Waals surface area contributed by atoms with Crippen molar-refractivity contribution in [3.63, 3.8) is 0 Å². The first-order valence-corrected chi connectivity index (χ1v) is 12.1. The molecule has 0 spiro atoms. The van der Waals surface area contributed by atoms with Crippen molar-refractivity contribution >= 4 is 40.2 Å². The van der Waals surface area contributed by atoms with Crippen LogP contribution in [0.1, 0.15) is 17.4 Å². The first-order valence-electron chi connectivity index (χ1n) is 12.1. The smallest absolute Gasteiger partial charge is 0.414 e. The summed E-state index contributed by atoms with van der Waals surface area (Å²) in [5, 5.41) is 3.71. The Hall–Kier alpha value is -4.21. The molecule has 3 aliphatic rings. The molecule has 0 radical (unpaired) electrons. The number of aromatic amines is 1. The Bertz CT molecular complexity index is 1320. The third-order valence-electron chi connectivity index (χ3n) is 6.98. The molecule has 0 saturated carbocycles. The number of para-hydroxylation sites is 1. The number of hydrogen-bond acceptors (Lipinski definition) is 6. The Morgan fingerprint density at radius 2 is 1.97 bits per heavy atom. The highest BCUT2D eigenvalue weighted by molar-refractivity contribution is 5.98. The van der Waals surface area contributed by atoms with Crippen LogP contribution in [0.25, 0.3) is 10.9 Å². The van der Waals surface area contributed by atoms with Crippen molar-refractivity contribution in [1.82, 2.24) is 15.2 Å². The largest absolute Gasteiger partial charge is 0.489 e. The molecule has 3 aliphatic heterocycles. The lowest BCUT2D eigenvalue weighted by Gasteiger charge is -2.45. The van der Waals surface area contributed by atoms with Crippen molar-refractivity contribution in [2.75, 3.05) is 49.1 Å². The fourth-order valence-electron chi connectivity index (χ4n) is 5.16. The molecule has 1 aromatic heterocycles. The van der Waals surface area contributed by atoms with E-state index < -0.39 is 12.2 Å². The molecule has 2 saturated heterocycles. The van der Waals surface area contributed by atoms with E-state index in [9.17, 15) is 14.4 Å². The van der Waals surface area contributed by atoms with E-state index in [4.69, 9.17) is 9.47 Å². The highest BCUT2D eigenvalue weighted by Crippen LogP contribution is 2.39. The monoisotopic (exact) mass is 489 g/mol. The van der Waals surface area contributed by atoms with Crippen molar-refractivity contribution in [2.24, 2.45) is 0 Å². The summed E-state index contributed by atoms with van der Waals surface area (Å²) in [5.74, 6) is 0.537. The zero-order valence-corrected chi connectivity index (χ0v) is 19.9. The second-order valence-corrected chi connectivity index (χ2v) is 9.39. The molecule has 2 aromatic carbocycles. The van der Waals surface area contributed by atoms with Crippen LogP contribution in [-0.4, -0.2) is 79.3 Å². The molecule has 2 fully saturated rings. The van der Waals surface area contributed by atoms with Crippen LogP contribution in [0.15, 0.2) is 48.5 Å².